The van der Waals surface area contributed by atoms with Gasteiger partial charge in [0.1, 0.15) is 5.82 Å². The Morgan fingerprint density at radius 1 is 1.00 bits per heavy atom. The fourth-order valence-corrected chi connectivity index (χ4v) is 3.28. The van der Waals surface area contributed by atoms with Crippen LogP contribution in [0, 0.1) is 0 Å². The second kappa shape index (κ2) is 13.8. The van der Waals surface area contributed by atoms with Crippen molar-refractivity contribution in [3.05, 3.63) is 54.2 Å². The number of hydrogen-bond acceptors (Lipinski definition) is 6. The standard InChI is InChI=1S/C21H28N6O2.2ClH/c22-9-11-24-21(29)17-5-1-2-6-18(17)25-20(28)8-12-26-13-15-27(16-14-26)19-7-3-4-10-23-19;;/h1-7,10H,8-9,11-16,22H2,(H,24,29)(H,25,28);2*1H. The first-order valence-electron chi connectivity index (χ1n) is 9.93. The van der Waals surface area contributed by atoms with Crippen molar-refractivity contribution in [1.82, 2.24) is 15.2 Å². The van der Waals surface area contributed by atoms with Crippen molar-refractivity contribution in [2.75, 3.05) is 56.0 Å². The quantitative estimate of drug-likeness (QED) is 0.545. The molecule has 0 spiro atoms. The number of carbonyl (C=O) groups is 2. The minimum absolute atomic E-state index is 0. The van der Waals surface area contributed by atoms with Crippen LogP contribution in [-0.4, -0.2) is 67.5 Å². The van der Waals surface area contributed by atoms with Gasteiger partial charge in [-0.25, -0.2) is 4.98 Å². The van der Waals surface area contributed by atoms with Crippen LogP contribution in [0.15, 0.2) is 48.7 Å². The number of nitrogens with one attached hydrogen (secondary N) is 2. The summed E-state index contributed by atoms with van der Waals surface area (Å²) in [7, 11) is 0. The van der Waals surface area contributed by atoms with Crippen molar-refractivity contribution in [2.24, 2.45) is 5.73 Å². The van der Waals surface area contributed by atoms with E-state index < -0.39 is 0 Å². The van der Waals surface area contributed by atoms with E-state index in [1.807, 2.05) is 18.2 Å². The Morgan fingerprint density at radius 2 is 1.71 bits per heavy atom. The number of nitrogens with two attached hydrogens (primary N) is 1. The van der Waals surface area contributed by atoms with Crippen molar-refractivity contribution >= 4 is 48.1 Å². The monoisotopic (exact) mass is 468 g/mol. The molecule has 4 N–H and O–H groups in total. The number of pyridine rings is 1. The molecule has 0 radical (unpaired) electrons. The highest BCUT2D eigenvalue weighted by Crippen LogP contribution is 2.16. The van der Waals surface area contributed by atoms with Gasteiger partial charge in [0.2, 0.25) is 5.91 Å². The number of amides is 2. The molecule has 3 rings (SSSR count). The lowest BCUT2D eigenvalue weighted by atomic mass is 10.1. The maximum absolute atomic E-state index is 12.4. The number of anilines is 2. The molecule has 0 saturated carbocycles. The van der Waals surface area contributed by atoms with E-state index in [-0.39, 0.29) is 36.6 Å². The molecule has 2 aromatic rings. The van der Waals surface area contributed by atoms with Crippen LogP contribution in [0.4, 0.5) is 11.5 Å². The van der Waals surface area contributed by atoms with E-state index in [1.165, 1.54) is 0 Å². The first-order chi connectivity index (χ1) is 14.2. The molecule has 10 heteroatoms. The molecule has 170 valence electrons. The van der Waals surface area contributed by atoms with Crippen LogP contribution in [0.1, 0.15) is 16.8 Å². The summed E-state index contributed by atoms with van der Waals surface area (Å²) in [5.41, 5.74) is 6.39. The molecule has 1 aliphatic heterocycles. The maximum atomic E-state index is 12.4. The van der Waals surface area contributed by atoms with E-state index in [2.05, 4.69) is 25.4 Å². The SMILES string of the molecule is Cl.Cl.NCCNC(=O)c1ccccc1NC(=O)CCN1CCN(c2ccccn2)CC1. The van der Waals surface area contributed by atoms with Crippen LogP contribution in [0.2, 0.25) is 0 Å². The molecular formula is C21H30Cl2N6O2. The van der Waals surface area contributed by atoms with Crippen molar-refractivity contribution in [2.45, 2.75) is 6.42 Å². The molecule has 0 aliphatic carbocycles. The van der Waals surface area contributed by atoms with Crippen LogP contribution in [-0.2, 0) is 4.79 Å². The van der Waals surface area contributed by atoms with Crippen LogP contribution in [0.3, 0.4) is 0 Å². The largest absolute Gasteiger partial charge is 0.354 e. The summed E-state index contributed by atoms with van der Waals surface area (Å²) in [5, 5.41) is 5.59. The van der Waals surface area contributed by atoms with E-state index in [1.54, 1.807) is 30.5 Å². The van der Waals surface area contributed by atoms with Gasteiger partial charge >= 0.3 is 0 Å². The lowest BCUT2D eigenvalue weighted by Crippen LogP contribution is -2.47. The predicted octanol–water partition coefficient (Wildman–Crippen LogP) is 1.76. The second-order valence-corrected chi connectivity index (χ2v) is 6.90. The third-order valence-electron chi connectivity index (χ3n) is 4.88. The summed E-state index contributed by atoms with van der Waals surface area (Å²) < 4.78 is 0. The molecule has 1 aromatic heterocycles. The van der Waals surface area contributed by atoms with Gasteiger partial charge in [-0.05, 0) is 24.3 Å². The van der Waals surface area contributed by atoms with Crippen LogP contribution in [0.25, 0.3) is 0 Å². The smallest absolute Gasteiger partial charge is 0.253 e. The van der Waals surface area contributed by atoms with E-state index in [0.29, 0.717) is 37.3 Å². The second-order valence-electron chi connectivity index (χ2n) is 6.90. The minimum atomic E-state index is -0.239. The molecular weight excluding hydrogens is 439 g/mol. The molecule has 0 atom stereocenters. The van der Waals surface area contributed by atoms with Gasteiger partial charge in [-0.3, -0.25) is 14.5 Å². The number of carbonyl (C=O) groups excluding carboxylic acids is 2. The number of nitrogens with zero attached hydrogens (tertiary/aromatic N) is 3. The van der Waals surface area contributed by atoms with Gasteiger partial charge in [0.25, 0.3) is 5.91 Å². The van der Waals surface area contributed by atoms with Gasteiger partial charge < -0.3 is 21.3 Å². The zero-order valence-electron chi connectivity index (χ0n) is 17.3. The maximum Gasteiger partial charge on any atom is 0.253 e. The van der Waals surface area contributed by atoms with Gasteiger partial charge in [-0.2, -0.15) is 0 Å². The first kappa shape index (κ1) is 26.6. The highest BCUT2D eigenvalue weighted by atomic mass is 35.5. The topological polar surface area (TPSA) is 104 Å². The average Bonchev–Trinajstić information content (AvgIpc) is 2.77. The lowest BCUT2D eigenvalue weighted by Gasteiger charge is -2.35. The Morgan fingerprint density at radius 3 is 2.39 bits per heavy atom. The summed E-state index contributed by atoms with van der Waals surface area (Å²) in [6.07, 6.45) is 2.18. The summed E-state index contributed by atoms with van der Waals surface area (Å²) in [5.74, 6) is 0.655. The molecule has 31 heavy (non-hydrogen) atoms. The number of para-hydroxylation sites is 1. The molecule has 1 saturated heterocycles. The molecule has 0 unspecified atom stereocenters. The number of hydrogen-bond donors (Lipinski definition) is 3. The number of piperazine rings is 1. The fraction of sp³-hybridized carbons (Fsp3) is 0.381. The third kappa shape index (κ3) is 7.99. The fourth-order valence-electron chi connectivity index (χ4n) is 3.28. The summed E-state index contributed by atoms with van der Waals surface area (Å²) in [6.45, 7) is 5.01. The van der Waals surface area contributed by atoms with Crippen LogP contribution >= 0.6 is 24.8 Å². The summed E-state index contributed by atoms with van der Waals surface area (Å²) >= 11 is 0. The van der Waals surface area contributed by atoms with E-state index in [9.17, 15) is 9.59 Å². The van der Waals surface area contributed by atoms with Gasteiger partial charge in [0.15, 0.2) is 0 Å². The Kier molecular flexibility index (Phi) is 11.9. The Labute approximate surface area is 195 Å². The third-order valence-corrected chi connectivity index (χ3v) is 4.88. The molecule has 2 heterocycles. The Hall–Kier alpha value is -2.39. The van der Waals surface area contributed by atoms with Crippen molar-refractivity contribution in [1.29, 1.82) is 0 Å². The molecule has 1 fully saturated rings. The van der Waals surface area contributed by atoms with Crippen LogP contribution < -0.4 is 21.3 Å². The van der Waals surface area contributed by atoms with Crippen LogP contribution in [0.5, 0.6) is 0 Å². The summed E-state index contributed by atoms with van der Waals surface area (Å²) in [6, 6.07) is 12.9. The van der Waals surface area contributed by atoms with Crippen molar-refractivity contribution < 1.29 is 9.59 Å². The van der Waals surface area contributed by atoms with Gasteiger partial charge in [0, 0.05) is 58.4 Å². The van der Waals surface area contributed by atoms with E-state index in [4.69, 9.17) is 5.73 Å². The molecule has 1 aliphatic rings. The number of rotatable bonds is 8. The molecule has 8 nitrogen and oxygen atoms in total. The average molecular weight is 469 g/mol. The number of aromatic nitrogens is 1. The first-order valence-corrected chi connectivity index (χ1v) is 9.93. The molecule has 2 amide bonds. The number of halogens is 2. The number of benzene rings is 1. The van der Waals surface area contributed by atoms with Gasteiger partial charge in [0.05, 0.1) is 11.3 Å². The van der Waals surface area contributed by atoms with Crippen molar-refractivity contribution in [3.8, 4) is 0 Å². The predicted molar refractivity (Wildman–Crippen MR) is 128 cm³/mol. The van der Waals surface area contributed by atoms with Crippen molar-refractivity contribution in [3.63, 3.8) is 0 Å². The van der Waals surface area contributed by atoms with Gasteiger partial charge in [-0.15, -0.1) is 24.8 Å². The lowest BCUT2D eigenvalue weighted by molar-refractivity contribution is -0.116. The van der Waals surface area contributed by atoms with E-state index >= 15 is 0 Å². The zero-order chi connectivity index (χ0) is 20.5. The molecule has 0 bridgehead atoms. The Bertz CT molecular complexity index is 817. The normalized spacial score (nSPS) is 13.5. The molecule has 1 aromatic carbocycles. The Balaban J connectivity index is 0.00000240. The van der Waals surface area contributed by atoms with Gasteiger partial charge in [-0.1, -0.05) is 18.2 Å². The zero-order valence-corrected chi connectivity index (χ0v) is 19.0. The highest BCUT2D eigenvalue weighted by Gasteiger charge is 2.19. The summed E-state index contributed by atoms with van der Waals surface area (Å²) in [4.78, 5) is 33.6. The van der Waals surface area contributed by atoms with E-state index in [0.717, 1.165) is 32.0 Å². The highest BCUT2D eigenvalue weighted by molar-refractivity contribution is 6.03. The minimum Gasteiger partial charge on any atom is -0.354 e.